The highest BCUT2D eigenvalue weighted by molar-refractivity contribution is 6.07. The van der Waals surface area contributed by atoms with Crippen molar-refractivity contribution in [2.45, 2.75) is 0 Å². The van der Waals surface area contributed by atoms with E-state index < -0.39 is 0 Å². The molecule has 0 atom stereocenters. The number of amides is 1. The number of para-hydroxylation sites is 1. The second kappa shape index (κ2) is 6.33. The molecule has 0 aliphatic rings. The summed E-state index contributed by atoms with van der Waals surface area (Å²) >= 11 is 0. The van der Waals surface area contributed by atoms with Gasteiger partial charge in [0.1, 0.15) is 11.4 Å². The van der Waals surface area contributed by atoms with Gasteiger partial charge in [0.25, 0.3) is 5.91 Å². The summed E-state index contributed by atoms with van der Waals surface area (Å²) in [6.07, 6.45) is 0. The molecular formula is C17H17N5O2. The second-order valence-electron chi connectivity index (χ2n) is 5.14. The number of nitrogens with one attached hydrogen (secondary N) is 2. The number of rotatable bonds is 3. The van der Waals surface area contributed by atoms with Gasteiger partial charge >= 0.3 is 0 Å². The standard InChI is InChI=1S/C17H17N5O2/c1-20-17(19)22-16(23)13-8-10-4-2-7-14(15(10)21-13)24-12-6-3-5-11(18)9-12/h2-9,21H,18H2,1H3,(H3,19,20,22,23). The number of anilines is 1. The molecule has 1 aromatic heterocycles. The van der Waals surface area contributed by atoms with E-state index in [9.17, 15) is 4.79 Å². The highest BCUT2D eigenvalue weighted by Crippen LogP contribution is 2.30. The molecule has 0 unspecified atom stereocenters. The first kappa shape index (κ1) is 15.4. The minimum Gasteiger partial charge on any atom is -0.455 e. The maximum Gasteiger partial charge on any atom is 0.274 e. The van der Waals surface area contributed by atoms with Crippen LogP contribution in [0.1, 0.15) is 10.5 Å². The largest absolute Gasteiger partial charge is 0.455 e. The van der Waals surface area contributed by atoms with Crippen LogP contribution in [0.5, 0.6) is 11.5 Å². The Balaban J connectivity index is 1.94. The summed E-state index contributed by atoms with van der Waals surface area (Å²) < 4.78 is 5.88. The smallest absolute Gasteiger partial charge is 0.274 e. The van der Waals surface area contributed by atoms with E-state index in [0.29, 0.717) is 28.4 Å². The van der Waals surface area contributed by atoms with E-state index >= 15 is 0 Å². The van der Waals surface area contributed by atoms with Crippen molar-refractivity contribution in [3.8, 4) is 11.5 Å². The highest BCUT2D eigenvalue weighted by atomic mass is 16.5. The van der Waals surface area contributed by atoms with Crippen molar-refractivity contribution in [3.05, 3.63) is 54.2 Å². The Morgan fingerprint density at radius 1 is 1.21 bits per heavy atom. The average molecular weight is 323 g/mol. The van der Waals surface area contributed by atoms with Crippen molar-refractivity contribution in [1.82, 2.24) is 10.3 Å². The second-order valence-corrected chi connectivity index (χ2v) is 5.14. The number of aromatic amines is 1. The molecule has 0 radical (unpaired) electrons. The Morgan fingerprint density at radius 3 is 2.75 bits per heavy atom. The lowest BCUT2D eigenvalue weighted by molar-refractivity contribution is 0.0972. The van der Waals surface area contributed by atoms with Crippen molar-refractivity contribution >= 4 is 28.5 Å². The molecule has 6 N–H and O–H groups in total. The Kier molecular flexibility index (Phi) is 4.07. The van der Waals surface area contributed by atoms with Crippen LogP contribution in [0.25, 0.3) is 10.9 Å². The number of carbonyl (C=O) groups is 1. The molecule has 1 amide bonds. The van der Waals surface area contributed by atoms with Gasteiger partial charge in [-0.1, -0.05) is 18.2 Å². The lowest BCUT2D eigenvalue weighted by Crippen LogP contribution is -2.36. The van der Waals surface area contributed by atoms with Gasteiger partial charge in [0.05, 0.1) is 5.52 Å². The maximum absolute atomic E-state index is 12.1. The van der Waals surface area contributed by atoms with Crippen molar-refractivity contribution < 1.29 is 9.53 Å². The minimum absolute atomic E-state index is 0.0508. The number of aliphatic imine (C=N–C) groups is 1. The molecular weight excluding hydrogens is 306 g/mol. The number of fused-ring (bicyclic) bond motifs is 1. The predicted molar refractivity (Wildman–Crippen MR) is 94.2 cm³/mol. The zero-order valence-electron chi connectivity index (χ0n) is 13.0. The average Bonchev–Trinajstić information content (AvgIpc) is 3.00. The normalized spacial score (nSPS) is 11.5. The van der Waals surface area contributed by atoms with Crippen molar-refractivity contribution in [1.29, 1.82) is 0 Å². The molecule has 1 heterocycles. The minimum atomic E-state index is -0.371. The van der Waals surface area contributed by atoms with Crippen molar-refractivity contribution in [2.75, 3.05) is 12.8 Å². The molecule has 3 rings (SSSR count). The van der Waals surface area contributed by atoms with Crippen LogP contribution in [0.2, 0.25) is 0 Å². The van der Waals surface area contributed by atoms with Crippen LogP contribution in [0.4, 0.5) is 5.69 Å². The third-order valence-corrected chi connectivity index (χ3v) is 3.43. The number of guanidine groups is 1. The molecule has 0 bridgehead atoms. The number of aromatic nitrogens is 1. The van der Waals surface area contributed by atoms with Gasteiger partial charge in [-0.15, -0.1) is 0 Å². The molecule has 0 spiro atoms. The van der Waals surface area contributed by atoms with E-state index in [1.807, 2.05) is 30.3 Å². The first-order valence-electron chi connectivity index (χ1n) is 7.25. The van der Waals surface area contributed by atoms with Crippen LogP contribution in [-0.4, -0.2) is 23.9 Å². The van der Waals surface area contributed by atoms with E-state index in [0.717, 1.165) is 5.39 Å². The van der Waals surface area contributed by atoms with Crippen LogP contribution in [0.15, 0.2) is 53.5 Å². The number of hydrogen-bond donors (Lipinski definition) is 4. The third-order valence-electron chi connectivity index (χ3n) is 3.43. The molecule has 7 nitrogen and oxygen atoms in total. The summed E-state index contributed by atoms with van der Waals surface area (Å²) in [6, 6.07) is 14.4. The summed E-state index contributed by atoms with van der Waals surface area (Å²) in [4.78, 5) is 18.9. The lowest BCUT2D eigenvalue weighted by Gasteiger charge is -2.07. The predicted octanol–water partition coefficient (Wildman–Crippen LogP) is 2.22. The van der Waals surface area contributed by atoms with Crippen LogP contribution in [0.3, 0.4) is 0 Å². The molecule has 0 fully saturated rings. The van der Waals surface area contributed by atoms with Crippen molar-refractivity contribution in [2.24, 2.45) is 10.7 Å². The monoisotopic (exact) mass is 323 g/mol. The number of nitrogen functional groups attached to an aromatic ring is 1. The summed E-state index contributed by atoms with van der Waals surface area (Å²) in [5.41, 5.74) is 13.0. The molecule has 0 aliphatic carbocycles. The van der Waals surface area contributed by atoms with Crippen LogP contribution < -0.4 is 21.5 Å². The van der Waals surface area contributed by atoms with Gasteiger partial charge in [-0.25, -0.2) is 0 Å². The zero-order valence-corrected chi connectivity index (χ0v) is 13.0. The van der Waals surface area contributed by atoms with Gasteiger partial charge in [0.2, 0.25) is 0 Å². The number of hydrogen-bond acceptors (Lipinski definition) is 4. The Labute approximate surface area is 138 Å². The summed E-state index contributed by atoms with van der Waals surface area (Å²) in [5.74, 6) is 0.888. The Hall–Kier alpha value is -3.48. The van der Waals surface area contributed by atoms with Gasteiger partial charge in [-0.05, 0) is 24.3 Å². The van der Waals surface area contributed by atoms with Gasteiger partial charge in [-0.3, -0.25) is 15.1 Å². The molecule has 0 saturated heterocycles. The SMILES string of the molecule is CN=C(N)NC(=O)c1cc2cccc(Oc3cccc(N)c3)c2[nH]1. The lowest BCUT2D eigenvalue weighted by atomic mass is 10.2. The first-order chi connectivity index (χ1) is 11.6. The molecule has 3 aromatic rings. The van der Waals surface area contributed by atoms with E-state index in [1.165, 1.54) is 7.05 Å². The van der Waals surface area contributed by atoms with Gasteiger partial charge in [0, 0.05) is 24.2 Å². The van der Waals surface area contributed by atoms with E-state index in [2.05, 4.69) is 15.3 Å². The Bertz CT molecular complexity index is 930. The Morgan fingerprint density at radius 2 is 2.00 bits per heavy atom. The number of benzene rings is 2. The number of H-pyrrole nitrogens is 1. The topological polar surface area (TPSA) is 119 Å². The number of nitrogens with two attached hydrogens (primary N) is 2. The zero-order chi connectivity index (χ0) is 17.1. The summed E-state index contributed by atoms with van der Waals surface area (Å²) in [6.45, 7) is 0. The third kappa shape index (κ3) is 3.14. The first-order valence-corrected chi connectivity index (χ1v) is 7.25. The van der Waals surface area contributed by atoms with Gasteiger partial charge in [0.15, 0.2) is 11.7 Å². The van der Waals surface area contributed by atoms with E-state index in [-0.39, 0.29) is 11.9 Å². The number of carbonyl (C=O) groups excluding carboxylic acids is 1. The van der Waals surface area contributed by atoms with Crippen molar-refractivity contribution in [3.63, 3.8) is 0 Å². The molecule has 0 saturated carbocycles. The molecule has 24 heavy (non-hydrogen) atoms. The fourth-order valence-electron chi connectivity index (χ4n) is 2.28. The van der Waals surface area contributed by atoms with Crippen LogP contribution in [-0.2, 0) is 0 Å². The fraction of sp³-hybridized carbons (Fsp3) is 0.0588. The van der Waals surface area contributed by atoms with Crippen LogP contribution >= 0.6 is 0 Å². The summed E-state index contributed by atoms with van der Waals surface area (Å²) in [5, 5.41) is 3.32. The molecule has 0 aliphatic heterocycles. The van der Waals surface area contributed by atoms with Crippen LogP contribution in [0, 0.1) is 0 Å². The quantitative estimate of drug-likeness (QED) is 0.336. The maximum atomic E-state index is 12.1. The summed E-state index contributed by atoms with van der Waals surface area (Å²) in [7, 11) is 1.50. The van der Waals surface area contributed by atoms with Gasteiger partial charge in [-0.2, -0.15) is 0 Å². The highest BCUT2D eigenvalue weighted by Gasteiger charge is 2.13. The molecule has 122 valence electrons. The molecule has 7 heteroatoms. The van der Waals surface area contributed by atoms with E-state index in [4.69, 9.17) is 16.2 Å². The fourth-order valence-corrected chi connectivity index (χ4v) is 2.28. The number of nitrogens with zero attached hydrogens (tertiary/aromatic N) is 1. The van der Waals surface area contributed by atoms with E-state index in [1.54, 1.807) is 18.2 Å². The van der Waals surface area contributed by atoms with Gasteiger partial charge < -0.3 is 21.2 Å². The molecule has 2 aromatic carbocycles. The number of ether oxygens (including phenoxy) is 1.